The van der Waals surface area contributed by atoms with E-state index >= 15 is 0 Å². The third kappa shape index (κ3) is 5.38. The molecule has 0 N–H and O–H groups in total. The van der Waals surface area contributed by atoms with Crippen molar-refractivity contribution in [2.75, 3.05) is 41.7 Å². The molecule has 184 valence electrons. The minimum absolute atomic E-state index is 0.0908. The monoisotopic (exact) mass is 472 g/mol. The molecule has 0 aromatic heterocycles. The van der Waals surface area contributed by atoms with Gasteiger partial charge in [0.05, 0.1) is 41.7 Å². The van der Waals surface area contributed by atoms with Gasteiger partial charge in [0.1, 0.15) is 0 Å². The van der Waals surface area contributed by atoms with Crippen LogP contribution in [0.25, 0.3) is 0 Å². The second kappa shape index (κ2) is 11.1. The fourth-order valence-corrected chi connectivity index (χ4v) is 4.67. The number of benzene rings is 2. The second-order valence-corrected chi connectivity index (χ2v) is 8.23. The van der Waals surface area contributed by atoms with Gasteiger partial charge in [0.15, 0.2) is 23.0 Å². The predicted molar refractivity (Wildman–Crippen MR) is 125 cm³/mol. The minimum atomic E-state index is -0.365. The van der Waals surface area contributed by atoms with Crippen molar-refractivity contribution in [3.8, 4) is 23.0 Å². The summed E-state index contributed by atoms with van der Waals surface area (Å²) in [6.07, 6.45) is 0.624. The number of carbonyl (C=O) groups is 2. The van der Waals surface area contributed by atoms with E-state index in [4.69, 9.17) is 28.4 Å². The van der Waals surface area contributed by atoms with Crippen molar-refractivity contribution < 1.29 is 38.0 Å². The van der Waals surface area contributed by atoms with E-state index in [2.05, 4.69) is 0 Å². The number of rotatable bonds is 9. The lowest BCUT2D eigenvalue weighted by atomic mass is 9.66. The Hall–Kier alpha value is -3.42. The SMILES string of the molecule is COc1ccc(C2c3cc(OC)c(OC)cc3CC(COC(C)=O)C2COC(C)=O)cc1OC. The minimum Gasteiger partial charge on any atom is -0.493 e. The molecule has 2 aromatic carbocycles. The van der Waals surface area contributed by atoms with E-state index in [1.54, 1.807) is 28.4 Å². The molecule has 1 aliphatic carbocycles. The van der Waals surface area contributed by atoms with E-state index in [1.807, 2.05) is 30.3 Å². The Kier molecular flexibility index (Phi) is 8.26. The molecule has 0 radical (unpaired) electrons. The van der Waals surface area contributed by atoms with Crippen molar-refractivity contribution >= 4 is 11.9 Å². The van der Waals surface area contributed by atoms with Gasteiger partial charge in [0, 0.05) is 31.6 Å². The van der Waals surface area contributed by atoms with Crippen LogP contribution in [0.3, 0.4) is 0 Å². The molecule has 0 bridgehead atoms. The number of hydrogen-bond acceptors (Lipinski definition) is 8. The summed E-state index contributed by atoms with van der Waals surface area (Å²) >= 11 is 0. The summed E-state index contributed by atoms with van der Waals surface area (Å²) in [4.78, 5) is 23.4. The number of hydrogen-bond donors (Lipinski definition) is 0. The smallest absolute Gasteiger partial charge is 0.302 e. The lowest BCUT2D eigenvalue weighted by molar-refractivity contribution is -0.147. The lowest BCUT2D eigenvalue weighted by Gasteiger charge is -2.40. The highest BCUT2D eigenvalue weighted by atomic mass is 16.5. The summed E-state index contributed by atoms with van der Waals surface area (Å²) < 4.78 is 33.0. The molecule has 0 saturated heterocycles. The van der Waals surface area contributed by atoms with Crippen LogP contribution in [0.4, 0.5) is 0 Å². The highest BCUT2D eigenvalue weighted by molar-refractivity contribution is 5.66. The molecule has 3 atom stereocenters. The molecule has 0 fully saturated rings. The van der Waals surface area contributed by atoms with Gasteiger partial charge in [-0.05, 0) is 47.4 Å². The van der Waals surface area contributed by atoms with Crippen LogP contribution >= 0.6 is 0 Å². The molecule has 0 spiro atoms. The van der Waals surface area contributed by atoms with Gasteiger partial charge in [0.2, 0.25) is 0 Å². The standard InChI is InChI=1S/C26H32O8/c1-15(27)33-13-19-9-18-11-24(31-5)25(32-6)12-20(18)26(21(19)14-34-16(2)28)17-7-8-22(29-3)23(10-17)30-4/h7-8,10-12,19,21,26H,9,13-14H2,1-6H3. The first kappa shape index (κ1) is 25.2. The molecular formula is C26H32O8. The summed E-state index contributed by atoms with van der Waals surface area (Å²) in [5, 5.41) is 0. The summed E-state index contributed by atoms with van der Waals surface area (Å²) in [6.45, 7) is 3.15. The van der Waals surface area contributed by atoms with E-state index < -0.39 is 0 Å². The highest BCUT2D eigenvalue weighted by Crippen LogP contribution is 2.48. The molecule has 0 saturated carbocycles. The first-order valence-electron chi connectivity index (χ1n) is 11.1. The number of fused-ring (bicyclic) bond motifs is 1. The van der Waals surface area contributed by atoms with Crippen molar-refractivity contribution in [3.63, 3.8) is 0 Å². The summed E-state index contributed by atoms with van der Waals surface area (Å²) in [5.74, 6) is 1.27. The maximum Gasteiger partial charge on any atom is 0.302 e. The molecule has 0 heterocycles. The third-order valence-electron chi connectivity index (χ3n) is 6.24. The average Bonchev–Trinajstić information content (AvgIpc) is 2.84. The Morgan fingerprint density at radius 3 is 1.91 bits per heavy atom. The normalized spacial score (nSPS) is 18.9. The molecule has 8 nitrogen and oxygen atoms in total. The Morgan fingerprint density at radius 1 is 0.765 bits per heavy atom. The van der Waals surface area contributed by atoms with Crippen LogP contribution in [0.5, 0.6) is 23.0 Å². The van der Waals surface area contributed by atoms with Crippen molar-refractivity contribution in [2.45, 2.75) is 26.2 Å². The van der Waals surface area contributed by atoms with Crippen LogP contribution in [0.2, 0.25) is 0 Å². The van der Waals surface area contributed by atoms with Crippen LogP contribution in [-0.4, -0.2) is 53.6 Å². The Bertz CT molecular complexity index is 1030. The van der Waals surface area contributed by atoms with Crippen LogP contribution < -0.4 is 18.9 Å². The van der Waals surface area contributed by atoms with Gasteiger partial charge in [-0.3, -0.25) is 9.59 Å². The largest absolute Gasteiger partial charge is 0.493 e. The average molecular weight is 473 g/mol. The second-order valence-electron chi connectivity index (χ2n) is 8.23. The predicted octanol–water partition coefficient (Wildman–Crippen LogP) is 3.77. The molecule has 3 unspecified atom stereocenters. The molecular weight excluding hydrogens is 440 g/mol. The first-order valence-corrected chi connectivity index (χ1v) is 11.1. The molecule has 34 heavy (non-hydrogen) atoms. The number of methoxy groups -OCH3 is 4. The summed E-state index contributed by atoms with van der Waals surface area (Å²) in [7, 11) is 6.37. The van der Waals surface area contributed by atoms with E-state index in [-0.39, 0.29) is 42.9 Å². The molecule has 0 aliphatic heterocycles. The van der Waals surface area contributed by atoms with Gasteiger partial charge in [0.25, 0.3) is 0 Å². The third-order valence-corrected chi connectivity index (χ3v) is 6.24. The highest BCUT2D eigenvalue weighted by Gasteiger charge is 2.40. The molecule has 2 aromatic rings. The van der Waals surface area contributed by atoms with Crippen molar-refractivity contribution in [3.05, 3.63) is 47.0 Å². The zero-order valence-corrected chi connectivity index (χ0v) is 20.5. The molecule has 1 aliphatic rings. The van der Waals surface area contributed by atoms with Crippen molar-refractivity contribution in [1.29, 1.82) is 0 Å². The van der Waals surface area contributed by atoms with E-state index in [1.165, 1.54) is 13.8 Å². The zero-order chi connectivity index (χ0) is 24.8. The van der Waals surface area contributed by atoms with Crippen molar-refractivity contribution in [1.82, 2.24) is 0 Å². The maximum absolute atomic E-state index is 11.7. The molecule has 3 rings (SSSR count). The number of esters is 2. The summed E-state index contributed by atoms with van der Waals surface area (Å²) in [5.41, 5.74) is 3.03. The van der Waals surface area contributed by atoms with Crippen molar-refractivity contribution in [2.24, 2.45) is 11.8 Å². The van der Waals surface area contributed by atoms with E-state index in [0.29, 0.717) is 29.4 Å². The summed E-state index contributed by atoms with van der Waals surface area (Å²) in [6, 6.07) is 9.69. The number of ether oxygens (including phenoxy) is 6. The maximum atomic E-state index is 11.7. The Labute approximate surface area is 200 Å². The van der Waals surface area contributed by atoms with Crippen LogP contribution in [0.1, 0.15) is 36.5 Å². The quantitative estimate of drug-likeness (QED) is 0.510. The van der Waals surface area contributed by atoms with Gasteiger partial charge in [-0.15, -0.1) is 0 Å². The fraction of sp³-hybridized carbons (Fsp3) is 0.462. The van der Waals surface area contributed by atoms with E-state index in [0.717, 1.165) is 16.7 Å². The fourth-order valence-electron chi connectivity index (χ4n) is 4.67. The van der Waals surface area contributed by atoms with Gasteiger partial charge >= 0.3 is 11.9 Å². The Morgan fingerprint density at radius 2 is 1.32 bits per heavy atom. The molecule has 8 heteroatoms. The zero-order valence-electron chi connectivity index (χ0n) is 20.5. The van der Waals surface area contributed by atoms with Crippen LogP contribution in [0, 0.1) is 11.8 Å². The van der Waals surface area contributed by atoms with Gasteiger partial charge < -0.3 is 28.4 Å². The number of carbonyl (C=O) groups excluding carboxylic acids is 2. The van der Waals surface area contributed by atoms with E-state index in [9.17, 15) is 9.59 Å². The van der Waals surface area contributed by atoms with Gasteiger partial charge in [-0.1, -0.05) is 6.07 Å². The first-order chi connectivity index (χ1) is 16.3. The topological polar surface area (TPSA) is 89.5 Å². The lowest BCUT2D eigenvalue weighted by Crippen LogP contribution is -2.37. The van der Waals surface area contributed by atoms with Gasteiger partial charge in [-0.2, -0.15) is 0 Å². The van der Waals surface area contributed by atoms with Crippen LogP contribution in [-0.2, 0) is 25.5 Å². The van der Waals surface area contributed by atoms with Crippen LogP contribution in [0.15, 0.2) is 30.3 Å². The van der Waals surface area contributed by atoms with Gasteiger partial charge in [-0.25, -0.2) is 0 Å². The Balaban J connectivity index is 2.20. The molecule has 0 amide bonds.